The summed E-state index contributed by atoms with van der Waals surface area (Å²) in [5, 5.41) is 7.72. The lowest BCUT2D eigenvalue weighted by Crippen LogP contribution is -2.02. The second kappa shape index (κ2) is 5.25. The van der Waals surface area contributed by atoms with Crippen LogP contribution >= 0.6 is 15.9 Å². The van der Waals surface area contributed by atoms with E-state index < -0.39 is 0 Å². The summed E-state index contributed by atoms with van der Waals surface area (Å²) in [7, 11) is 0. The van der Waals surface area contributed by atoms with Crippen molar-refractivity contribution in [1.29, 1.82) is 0 Å². The second-order valence-electron chi connectivity index (χ2n) is 3.58. The summed E-state index contributed by atoms with van der Waals surface area (Å²) in [4.78, 5) is 0. The highest BCUT2D eigenvalue weighted by Gasteiger charge is 2.06. The van der Waals surface area contributed by atoms with E-state index in [2.05, 4.69) is 26.1 Å². The molecule has 1 aromatic heterocycles. The van der Waals surface area contributed by atoms with Crippen molar-refractivity contribution in [3.8, 4) is 11.6 Å². The Labute approximate surface area is 108 Å². The van der Waals surface area contributed by atoms with E-state index in [0.29, 0.717) is 12.4 Å². The standard InChI is InChI=1S/C12H12BrN3O/c1-8-6-10(2-3-11(8)13)17-12-9(7-14)4-5-15-16-12/h2-6H,7,14H2,1H3. The van der Waals surface area contributed by atoms with Gasteiger partial charge in [0.15, 0.2) is 0 Å². The molecule has 2 rings (SSSR count). The molecule has 1 heterocycles. The molecule has 0 saturated heterocycles. The summed E-state index contributed by atoms with van der Waals surface area (Å²) >= 11 is 3.44. The molecule has 0 saturated carbocycles. The Balaban J connectivity index is 2.28. The van der Waals surface area contributed by atoms with Crippen molar-refractivity contribution in [1.82, 2.24) is 10.2 Å². The summed E-state index contributed by atoms with van der Waals surface area (Å²) in [6, 6.07) is 7.53. The largest absolute Gasteiger partial charge is 0.437 e. The molecule has 4 nitrogen and oxygen atoms in total. The zero-order valence-electron chi connectivity index (χ0n) is 9.35. The molecule has 0 radical (unpaired) electrons. The van der Waals surface area contributed by atoms with Gasteiger partial charge in [0.1, 0.15) is 5.75 Å². The maximum Gasteiger partial charge on any atom is 0.243 e. The lowest BCUT2D eigenvalue weighted by Gasteiger charge is -2.08. The Kier molecular flexibility index (Phi) is 3.71. The lowest BCUT2D eigenvalue weighted by molar-refractivity contribution is 0.448. The fourth-order valence-electron chi connectivity index (χ4n) is 1.38. The maximum absolute atomic E-state index is 5.66. The zero-order chi connectivity index (χ0) is 12.3. The van der Waals surface area contributed by atoms with E-state index in [1.165, 1.54) is 0 Å². The zero-order valence-corrected chi connectivity index (χ0v) is 10.9. The van der Waals surface area contributed by atoms with Gasteiger partial charge < -0.3 is 10.5 Å². The van der Waals surface area contributed by atoms with E-state index in [1.807, 2.05) is 25.1 Å². The van der Waals surface area contributed by atoms with Crippen LogP contribution in [0.5, 0.6) is 11.6 Å². The Morgan fingerprint density at radius 2 is 2.18 bits per heavy atom. The molecule has 0 bridgehead atoms. The predicted molar refractivity (Wildman–Crippen MR) is 68.9 cm³/mol. The number of hydrogen-bond donors (Lipinski definition) is 1. The van der Waals surface area contributed by atoms with Gasteiger partial charge in [0.2, 0.25) is 5.88 Å². The third kappa shape index (κ3) is 2.81. The van der Waals surface area contributed by atoms with Crippen LogP contribution < -0.4 is 10.5 Å². The summed E-state index contributed by atoms with van der Waals surface area (Å²) in [6.07, 6.45) is 1.60. The quantitative estimate of drug-likeness (QED) is 0.945. The van der Waals surface area contributed by atoms with Gasteiger partial charge in [0, 0.05) is 16.6 Å². The number of nitrogens with two attached hydrogens (primary N) is 1. The minimum Gasteiger partial charge on any atom is -0.437 e. The van der Waals surface area contributed by atoms with Gasteiger partial charge in [0.25, 0.3) is 0 Å². The van der Waals surface area contributed by atoms with E-state index in [1.54, 1.807) is 12.3 Å². The van der Waals surface area contributed by atoms with Crippen LogP contribution in [-0.2, 0) is 6.54 Å². The van der Waals surface area contributed by atoms with Crippen LogP contribution in [0, 0.1) is 6.92 Å². The number of hydrogen-bond acceptors (Lipinski definition) is 4. The molecule has 0 aliphatic heterocycles. The molecule has 0 aliphatic rings. The minimum absolute atomic E-state index is 0.375. The average molecular weight is 294 g/mol. The number of rotatable bonds is 3. The van der Waals surface area contributed by atoms with E-state index in [9.17, 15) is 0 Å². The normalized spacial score (nSPS) is 10.3. The SMILES string of the molecule is Cc1cc(Oc2nnccc2CN)ccc1Br. The first-order valence-electron chi connectivity index (χ1n) is 5.15. The summed E-state index contributed by atoms with van der Waals surface area (Å²) < 4.78 is 6.71. The molecule has 0 amide bonds. The lowest BCUT2D eigenvalue weighted by atomic mass is 10.2. The summed E-state index contributed by atoms with van der Waals surface area (Å²) in [5.41, 5.74) is 7.53. The molecule has 2 N–H and O–H groups in total. The number of nitrogens with zero attached hydrogens (tertiary/aromatic N) is 2. The van der Waals surface area contributed by atoms with Gasteiger partial charge >= 0.3 is 0 Å². The van der Waals surface area contributed by atoms with Gasteiger partial charge in [0.05, 0.1) is 6.20 Å². The van der Waals surface area contributed by atoms with Crippen molar-refractivity contribution in [3.63, 3.8) is 0 Å². The molecule has 0 atom stereocenters. The monoisotopic (exact) mass is 293 g/mol. The van der Waals surface area contributed by atoms with Crippen molar-refractivity contribution in [2.45, 2.75) is 13.5 Å². The molecule has 0 fully saturated rings. The number of ether oxygens (including phenoxy) is 1. The van der Waals surface area contributed by atoms with Gasteiger partial charge in [-0.05, 0) is 36.8 Å². The van der Waals surface area contributed by atoms with Crippen LogP contribution in [0.3, 0.4) is 0 Å². The van der Waals surface area contributed by atoms with Crippen LogP contribution in [0.1, 0.15) is 11.1 Å². The third-order valence-corrected chi connectivity index (χ3v) is 3.22. The van der Waals surface area contributed by atoms with Crippen molar-refractivity contribution >= 4 is 15.9 Å². The minimum atomic E-state index is 0.375. The Morgan fingerprint density at radius 3 is 2.88 bits per heavy atom. The number of aryl methyl sites for hydroxylation is 1. The van der Waals surface area contributed by atoms with Crippen LogP contribution in [0.2, 0.25) is 0 Å². The average Bonchev–Trinajstić information content (AvgIpc) is 2.34. The molecule has 0 spiro atoms. The van der Waals surface area contributed by atoms with Gasteiger partial charge in [-0.15, -0.1) is 5.10 Å². The fraction of sp³-hybridized carbons (Fsp3) is 0.167. The van der Waals surface area contributed by atoms with Crippen molar-refractivity contribution < 1.29 is 4.74 Å². The molecule has 2 aromatic rings. The number of aromatic nitrogens is 2. The predicted octanol–water partition coefficient (Wildman–Crippen LogP) is 2.80. The molecule has 0 unspecified atom stereocenters. The molecular formula is C12H12BrN3O. The highest BCUT2D eigenvalue weighted by atomic mass is 79.9. The van der Waals surface area contributed by atoms with Gasteiger partial charge in [-0.3, -0.25) is 0 Å². The summed E-state index contributed by atoms with van der Waals surface area (Å²) in [5.74, 6) is 1.18. The van der Waals surface area contributed by atoms with E-state index in [4.69, 9.17) is 10.5 Å². The Bertz CT molecular complexity index is 531. The highest BCUT2D eigenvalue weighted by Crippen LogP contribution is 2.26. The Hall–Kier alpha value is -1.46. The van der Waals surface area contributed by atoms with Gasteiger partial charge in [-0.2, -0.15) is 5.10 Å². The first-order chi connectivity index (χ1) is 8.20. The summed E-state index contributed by atoms with van der Waals surface area (Å²) in [6.45, 7) is 2.37. The van der Waals surface area contributed by atoms with Crippen molar-refractivity contribution in [2.24, 2.45) is 5.73 Å². The molecule has 0 aliphatic carbocycles. The van der Waals surface area contributed by atoms with Crippen molar-refractivity contribution in [3.05, 3.63) is 46.1 Å². The molecule has 17 heavy (non-hydrogen) atoms. The van der Waals surface area contributed by atoms with Gasteiger partial charge in [-0.1, -0.05) is 15.9 Å². The van der Waals surface area contributed by atoms with E-state index in [0.717, 1.165) is 21.3 Å². The maximum atomic E-state index is 5.66. The smallest absolute Gasteiger partial charge is 0.243 e. The van der Waals surface area contributed by atoms with Crippen LogP contribution in [0.15, 0.2) is 34.9 Å². The van der Waals surface area contributed by atoms with Crippen LogP contribution in [0.4, 0.5) is 0 Å². The second-order valence-corrected chi connectivity index (χ2v) is 4.43. The first kappa shape index (κ1) is 12.0. The molecule has 1 aromatic carbocycles. The molecular weight excluding hydrogens is 282 g/mol. The van der Waals surface area contributed by atoms with Crippen molar-refractivity contribution in [2.75, 3.05) is 0 Å². The molecule has 88 valence electrons. The topological polar surface area (TPSA) is 61.0 Å². The fourth-order valence-corrected chi connectivity index (χ4v) is 1.62. The Morgan fingerprint density at radius 1 is 1.35 bits per heavy atom. The van der Waals surface area contributed by atoms with Crippen LogP contribution in [-0.4, -0.2) is 10.2 Å². The van der Waals surface area contributed by atoms with E-state index >= 15 is 0 Å². The number of benzene rings is 1. The first-order valence-corrected chi connectivity index (χ1v) is 5.94. The molecule has 5 heteroatoms. The van der Waals surface area contributed by atoms with Gasteiger partial charge in [-0.25, -0.2) is 0 Å². The third-order valence-electron chi connectivity index (χ3n) is 2.33. The van der Waals surface area contributed by atoms with E-state index in [-0.39, 0.29) is 0 Å². The number of halogens is 1. The highest BCUT2D eigenvalue weighted by molar-refractivity contribution is 9.10. The van der Waals surface area contributed by atoms with Crippen LogP contribution in [0.25, 0.3) is 0 Å².